The van der Waals surface area contributed by atoms with Gasteiger partial charge in [-0.3, -0.25) is 9.59 Å². The van der Waals surface area contributed by atoms with Crippen LogP contribution in [0.2, 0.25) is 0 Å². The molecule has 114 valence electrons. The van der Waals surface area contributed by atoms with Crippen molar-refractivity contribution in [2.75, 3.05) is 13.1 Å². The fraction of sp³-hybridized carbons (Fsp3) is 0.625. The summed E-state index contributed by atoms with van der Waals surface area (Å²) in [6.07, 6.45) is 6.53. The summed E-state index contributed by atoms with van der Waals surface area (Å²) in [5.41, 5.74) is 1.37. The second-order valence-electron chi connectivity index (χ2n) is 6.10. The smallest absolute Gasteiger partial charge is 0.303 e. The number of fused-ring (bicyclic) bond motifs is 1. The highest BCUT2D eigenvalue weighted by Gasteiger charge is 2.28. The minimum Gasteiger partial charge on any atom is -0.481 e. The number of thiophene rings is 1. The molecule has 0 aromatic carbocycles. The molecule has 1 fully saturated rings. The van der Waals surface area contributed by atoms with Crippen molar-refractivity contribution in [3.63, 3.8) is 0 Å². The van der Waals surface area contributed by atoms with Gasteiger partial charge in [-0.1, -0.05) is 0 Å². The van der Waals surface area contributed by atoms with E-state index in [2.05, 4.69) is 6.07 Å². The van der Waals surface area contributed by atoms with Crippen LogP contribution in [0.1, 0.15) is 52.2 Å². The average Bonchev–Trinajstić information content (AvgIpc) is 3.11. The summed E-state index contributed by atoms with van der Waals surface area (Å²) in [7, 11) is 0. The summed E-state index contributed by atoms with van der Waals surface area (Å²) in [4.78, 5) is 27.4. The molecule has 1 unspecified atom stereocenters. The predicted molar refractivity (Wildman–Crippen MR) is 81.8 cm³/mol. The van der Waals surface area contributed by atoms with Crippen molar-refractivity contribution in [1.82, 2.24) is 4.90 Å². The molecule has 0 bridgehead atoms. The molecule has 5 heteroatoms. The summed E-state index contributed by atoms with van der Waals surface area (Å²) in [6, 6.07) is 2.09. The van der Waals surface area contributed by atoms with Crippen LogP contribution in [0.3, 0.4) is 0 Å². The highest BCUT2D eigenvalue weighted by molar-refractivity contribution is 7.14. The molecule has 1 N–H and O–H groups in total. The summed E-state index contributed by atoms with van der Waals surface area (Å²) in [6.45, 7) is 1.49. The van der Waals surface area contributed by atoms with Crippen LogP contribution in [0.25, 0.3) is 0 Å². The highest BCUT2D eigenvalue weighted by Crippen LogP contribution is 2.31. The van der Waals surface area contributed by atoms with E-state index in [-0.39, 0.29) is 12.3 Å². The van der Waals surface area contributed by atoms with Crippen molar-refractivity contribution in [2.24, 2.45) is 5.92 Å². The largest absolute Gasteiger partial charge is 0.481 e. The molecule has 1 atom stereocenters. The minimum atomic E-state index is -0.745. The SMILES string of the molecule is O=C(O)CCC1CCN(C(=O)c2cc3c(s2)CCCC3)C1. The molecular formula is C16H21NO3S. The zero-order valence-corrected chi connectivity index (χ0v) is 13.0. The lowest BCUT2D eigenvalue weighted by atomic mass is 9.99. The van der Waals surface area contributed by atoms with E-state index >= 15 is 0 Å². The normalized spacial score (nSPS) is 21.3. The van der Waals surface area contributed by atoms with Crippen LogP contribution < -0.4 is 0 Å². The van der Waals surface area contributed by atoms with Gasteiger partial charge < -0.3 is 10.0 Å². The van der Waals surface area contributed by atoms with Gasteiger partial charge in [-0.25, -0.2) is 0 Å². The summed E-state index contributed by atoms with van der Waals surface area (Å²) >= 11 is 1.66. The van der Waals surface area contributed by atoms with Gasteiger partial charge >= 0.3 is 5.97 Å². The zero-order chi connectivity index (χ0) is 14.8. The van der Waals surface area contributed by atoms with E-state index in [0.29, 0.717) is 18.9 Å². The number of likely N-dealkylation sites (tertiary alicyclic amines) is 1. The standard InChI is InChI=1S/C16H21NO3S/c18-15(19)6-5-11-7-8-17(10-11)16(20)14-9-12-3-1-2-4-13(12)21-14/h9,11H,1-8,10H2,(H,18,19). The number of rotatable bonds is 4. The van der Waals surface area contributed by atoms with Gasteiger partial charge in [-0.15, -0.1) is 11.3 Å². The quantitative estimate of drug-likeness (QED) is 0.930. The summed E-state index contributed by atoms with van der Waals surface area (Å²) in [5.74, 6) is -0.252. The van der Waals surface area contributed by atoms with Gasteiger partial charge in [0.05, 0.1) is 4.88 Å². The number of aliphatic carboxylic acids is 1. The van der Waals surface area contributed by atoms with Gasteiger partial charge in [0.2, 0.25) is 0 Å². The Morgan fingerprint density at radius 3 is 2.90 bits per heavy atom. The number of carbonyl (C=O) groups is 2. The lowest BCUT2D eigenvalue weighted by molar-refractivity contribution is -0.137. The fourth-order valence-corrected chi connectivity index (χ4v) is 4.55. The lowest BCUT2D eigenvalue weighted by Gasteiger charge is -2.15. The Kier molecular flexibility index (Phi) is 4.29. The maximum atomic E-state index is 12.6. The Bertz CT molecular complexity index is 528. The van der Waals surface area contributed by atoms with E-state index in [0.717, 1.165) is 30.7 Å². The van der Waals surface area contributed by atoms with Gasteiger partial charge in [0.1, 0.15) is 0 Å². The zero-order valence-electron chi connectivity index (χ0n) is 12.1. The van der Waals surface area contributed by atoms with Crippen LogP contribution in [-0.4, -0.2) is 35.0 Å². The van der Waals surface area contributed by atoms with Crippen molar-refractivity contribution in [3.05, 3.63) is 21.4 Å². The van der Waals surface area contributed by atoms with Crippen molar-refractivity contribution in [1.29, 1.82) is 0 Å². The van der Waals surface area contributed by atoms with Crippen molar-refractivity contribution < 1.29 is 14.7 Å². The first-order valence-electron chi connectivity index (χ1n) is 7.76. The number of carboxylic acids is 1. The Morgan fingerprint density at radius 1 is 1.33 bits per heavy atom. The van der Waals surface area contributed by atoms with Crippen LogP contribution >= 0.6 is 11.3 Å². The van der Waals surface area contributed by atoms with E-state index in [1.54, 1.807) is 11.3 Å². The van der Waals surface area contributed by atoms with Gasteiger partial charge in [-0.05, 0) is 56.1 Å². The molecule has 21 heavy (non-hydrogen) atoms. The van der Waals surface area contributed by atoms with Crippen molar-refractivity contribution in [2.45, 2.75) is 44.9 Å². The first kappa shape index (κ1) is 14.6. The number of carbonyl (C=O) groups excluding carboxylic acids is 1. The van der Waals surface area contributed by atoms with E-state index in [9.17, 15) is 9.59 Å². The third-order valence-electron chi connectivity index (χ3n) is 4.55. The molecule has 0 spiro atoms. The number of hydrogen-bond acceptors (Lipinski definition) is 3. The van der Waals surface area contributed by atoms with Crippen LogP contribution in [0, 0.1) is 5.92 Å². The van der Waals surface area contributed by atoms with E-state index in [1.165, 1.54) is 23.3 Å². The van der Waals surface area contributed by atoms with Gasteiger partial charge in [0.25, 0.3) is 5.91 Å². The average molecular weight is 307 g/mol. The molecular weight excluding hydrogens is 286 g/mol. The molecule has 1 aliphatic carbocycles. The number of amides is 1. The Labute approximate surface area is 128 Å². The molecule has 0 radical (unpaired) electrons. The second-order valence-corrected chi connectivity index (χ2v) is 7.24. The lowest BCUT2D eigenvalue weighted by Crippen LogP contribution is -2.28. The maximum Gasteiger partial charge on any atom is 0.303 e. The molecule has 1 aromatic rings. The van der Waals surface area contributed by atoms with E-state index < -0.39 is 5.97 Å². The van der Waals surface area contributed by atoms with Crippen molar-refractivity contribution >= 4 is 23.2 Å². The van der Waals surface area contributed by atoms with Crippen LogP contribution in [0.15, 0.2) is 6.07 Å². The van der Waals surface area contributed by atoms with E-state index in [1.807, 2.05) is 4.90 Å². The predicted octanol–water partition coefficient (Wildman–Crippen LogP) is 2.95. The van der Waals surface area contributed by atoms with Crippen LogP contribution in [0.4, 0.5) is 0 Å². The van der Waals surface area contributed by atoms with Gasteiger partial charge in [0.15, 0.2) is 0 Å². The molecule has 1 aliphatic heterocycles. The minimum absolute atomic E-state index is 0.146. The number of carboxylic acid groups (broad SMARTS) is 1. The first-order valence-corrected chi connectivity index (χ1v) is 8.58. The fourth-order valence-electron chi connectivity index (χ4n) is 3.33. The Balaban J connectivity index is 1.61. The third-order valence-corrected chi connectivity index (χ3v) is 5.77. The van der Waals surface area contributed by atoms with Crippen molar-refractivity contribution in [3.8, 4) is 0 Å². The highest BCUT2D eigenvalue weighted by atomic mass is 32.1. The number of hydrogen-bond donors (Lipinski definition) is 1. The van der Waals surface area contributed by atoms with Gasteiger partial charge in [0, 0.05) is 24.4 Å². The summed E-state index contributed by atoms with van der Waals surface area (Å²) < 4.78 is 0. The summed E-state index contributed by atoms with van der Waals surface area (Å²) in [5, 5.41) is 8.74. The van der Waals surface area contributed by atoms with Gasteiger partial charge in [-0.2, -0.15) is 0 Å². The third kappa shape index (κ3) is 3.28. The Hall–Kier alpha value is -1.36. The van der Waals surface area contributed by atoms with Crippen LogP contribution in [0.5, 0.6) is 0 Å². The molecule has 1 saturated heterocycles. The van der Waals surface area contributed by atoms with Crippen LogP contribution in [-0.2, 0) is 17.6 Å². The monoisotopic (exact) mass is 307 g/mol. The molecule has 1 amide bonds. The second kappa shape index (κ2) is 6.18. The number of aryl methyl sites for hydroxylation is 2. The number of nitrogens with zero attached hydrogens (tertiary/aromatic N) is 1. The molecule has 4 nitrogen and oxygen atoms in total. The molecule has 3 rings (SSSR count). The molecule has 1 aromatic heterocycles. The molecule has 2 aliphatic rings. The Morgan fingerprint density at radius 2 is 2.14 bits per heavy atom. The maximum absolute atomic E-state index is 12.6. The molecule has 0 saturated carbocycles. The molecule has 2 heterocycles. The first-order chi connectivity index (χ1) is 10.1. The topological polar surface area (TPSA) is 57.6 Å². The van der Waals surface area contributed by atoms with E-state index in [4.69, 9.17) is 5.11 Å².